The number of benzene rings is 5. The summed E-state index contributed by atoms with van der Waals surface area (Å²) in [4.78, 5) is 37.8. The molecule has 5 rings (SSSR count). The van der Waals surface area contributed by atoms with Crippen LogP contribution >= 0.6 is 11.6 Å². The van der Waals surface area contributed by atoms with Crippen molar-refractivity contribution in [2.45, 2.75) is 0 Å². The van der Waals surface area contributed by atoms with Crippen molar-refractivity contribution in [1.82, 2.24) is 5.43 Å². The Morgan fingerprint density at radius 3 is 2.16 bits per heavy atom. The van der Waals surface area contributed by atoms with Crippen molar-refractivity contribution in [3.63, 3.8) is 0 Å². The fraction of sp³-hybridized carbons (Fsp3) is 0. The van der Waals surface area contributed by atoms with Crippen LogP contribution in [0.25, 0.3) is 21.5 Å². The first-order chi connectivity index (χ1) is 18.5. The molecule has 0 heterocycles. The minimum absolute atomic E-state index is 0.212. The van der Waals surface area contributed by atoms with E-state index in [4.69, 9.17) is 16.3 Å². The summed E-state index contributed by atoms with van der Waals surface area (Å²) in [7, 11) is 0. The Kier molecular flexibility index (Phi) is 7.10. The zero-order valence-electron chi connectivity index (χ0n) is 19.9. The van der Waals surface area contributed by atoms with E-state index in [0.29, 0.717) is 11.3 Å². The molecule has 38 heavy (non-hydrogen) atoms. The highest BCUT2D eigenvalue weighted by molar-refractivity contribution is 6.40. The monoisotopic (exact) mass is 521 g/mol. The number of carbonyl (C=O) groups is 3. The topological polar surface area (TPSA) is 96.9 Å². The molecular formula is C30H20ClN3O4. The average Bonchev–Trinajstić information content (AvgIpc) is 2.94. The van der Waals surface area contributed by atoms with Gasteiger partial charge in [0.15, 0.2) is 0 Å². The van der Waals surface area contributed by atoms with E-state index in [0.717, 1.165) is 21.5 Å². The van der Waals surface area contributed by atoms with Crippen LogP contribution < -0.4 is 15.5 Å². The van der Waals surface area contributed by atoms with Crippen molar-refractivity contribution in [3.8, 4) is 5.75 Å². The van der Waals surface area contributed by atoms with Crippen LogP contribution in [0.5, 0.6) is 5.75 Å². The highest BCUT2D eigenvalue weighted by Crippen LogP contribution is 2.28. The van der Waals surface area contributed by atoms with Crippen LogP contribution in [-0.4, -0.2) is 24.0 Å². The van der Waals surface area contributed by atoms with Gasteiger partial charge >= 0.3 is 17.8 Å². The van der Waals surface area contributed by atoms with E-state index < -0.39 is 17.8 Å². The lowest BCUT2D eigenvalue weighted by atomic mass is 10.0. The van der Waals surface area contributed by atoms with Gasteiger partial charge in [0, 0.05) is 16.6 Å². The van der Waals surface area contributed by atoms with Gasteiger partial charge in [-0.2, -0.15) is 5.10 Å². The Balaban J connectivity index is 1.36. The largest absolute Gasteiger partial charge is 0.422 e. The van der Waals surface area contributed by atoms with Gasteiger partial charge in [-0.25, -0.2) is 10.2 Å². The predicted octanol–water partition coefficient (Wildman–Crippen LogP) is 5.95. The Morgan fingerprint density at radius 2 is 1.37 bits per heavy atom. The van der Waals surface area contributed by atoms with Crippen molar-refractivity contribution in [3.05, 3.63) is 119 Å². The third kappa shape index (κ3) is 5.23. The average molecular weight is 522 g/mol. The summed E-state index contributed by atoms with van der Waals surface area (Å²) in [6, 6.07) is 30.3. The second-order valence-electron chi connectivity index (χ2n) is 8.25. The van der Waals surface area contributed by atoms with E-state index in [1.165, 1.54) is 6.21 Å². The molecule has 0 aliphatic rings. The summed E-state index contributed by atoms with van der Waals surface area (Å²) < 4.78 is 5.64. The third-order valence-corrected chi connectivity index (χ3v) is 6.16. The predicted molar refractivity (Wildman–Crippen MR) is 149 cm³/mol. The molecule has 0 saturated carbocycles. The maximum absolute atomic E-state index is 12.8. The molecule has 0 atom stereocenters. The van der Waals surface area contributed by atoms with Gasteiger partial charge in [-0.1, -0.05) is 90.5 Å². The van der Waals surface area contributed by atoms with E-state index in [9.17, 15) is 14.4 Å². The van der Waals surface area contributed by atoms with Gasteiger partial charge in [0.25, 0.3) is 0 Å². The molecule has 0 aliphatic carbocycles. The second-order valence-corrected chi connectivity index (χ2v) is 8.66. The minimum atomic E-state index is -0.955. The molecule has 0 unspecified atom stereocenters. The van der Waals surface area contributed by atoms with Gasteiger partial charge in [-0.05, 0) is 40.4 Å². The third-order valence-electron chi connectivity index (χ3n) is 5.83. The van der Waals surface area contributed by atoms with E-state index >= 15 is 0 Å². The number of carbonyl (C=O) groups excluding carboxylic acids is 3. The summed E-state index contributed by atoms with van der Waals surface area (Å²) in [5.74, 6) is -2.25. The van der Waals surface area contributed by atoms with E-state index in [1.54, 1.807) is 48.5 Å². The second kappa shape index (κ2) is 10.9. The number of nitrogens with one attached hydrogen (secondary N) is 2. The van der Waals surface area contributed by atoms with E-state index in [2.05, 4.69) is 15.8 Å². The maximum atomic E-state index is 12.8. The summed E-state index contributed by atoms with van der Waals surface area (Å²) in [6.45, 7) is 0. The number of esters is 1. The minimum Gasteiger partial charge on any atom is -0.422 e. The molecule has 5 aromatic rings. The lowest BCUT2D eigenvalue weighted by Gasteiger charge is -2.11. The smallest absolute Gasteiger partial charge is 0.345 e. The summed E-state index contributed by atoms with van der Waals surface area (Å²) in [5.41, 5.74) is 3.41. The molecule has 0 aliphatic heterocycles. The molecule has 0 aromatic heterocycles. The number of hydrogen-bond donors (Lipinski definition) is 2. The molecule has 7 nitrogen and oxygen atoms in total. The van der Waals surface area contributed by atoms with Crippen molar-refractivity contribution in [2.75, 3.05) is 5.32 Å². The van der Waals surface area contributed by atoms with Crippen LogP contribution in [0.2, 0.25) is 5.02 Å². The van der Waals surface area contributed by atoms with Crippen LogP contribution in [0, 0.1) is 0 Å². The molecule has 8 heteroatoms. The number of amides is 2. The number of rotatable bonds is 5. The molecular weight excluding hydrogens is 502 g/mol. The first-order valence-electron chi connectivity index (χ1n) is 11.6. The Hall–Kier alpha value is -5.01. The summed E-state index contributed by atoms with van der Waals surface area (Å²) >= 11 is 6.15. The van der Waals surface area contributed by atoms with Crippen molar-refractivity contribution >= 4 is 62.8 Å². The van der Waals surface area contributed by atoms with Gasteiger partial charge in [0.2, 0.25) is 0 Å². The number of fused-ring (bicyclic) bond motifs is 2. The fourth-order valence-corrected chi connectivity index (χ4v) is 4.21. The van der Waals surface area contributed by atoms with Gasteiger partial charge in [0.05, 0.1) is 16.8 Å². The molecule has 2 N–H and O–H groups in total. The molecule has 0 spiro atoms. The van der Waals surface area contributed by atoms with Crippen LogP contribution in [0.3, 0.4) is 0 Å². The Labute approximate surface area is 222 Å². The molecule has 0 bridgehead atoms. The first-order valence-corrected chi connectivity index (χ1v) is 12.0. The van der Waals surface area contributed by atoms with E-state index in [1.807, 2.05) is 54.6 Å². The highest BCUT2D eigenvalue weighted by Gasteiger charge is 2.17. The van der Waals surface area contributed by atoms with Crippen LogP contribution in [0.4, 0.5) is 5.69 Å². The number of halogens is 1. The zero-order chi connectivity index (χ0) is 26.5. The van der Waals surface area contributed by atoms with Crippen molar-refractivity contribution in [2.24, 2.45) is 5.10 Å². The normalized spacial score (nSPS) is 11.0. The van der Waals surface area contributed by atoms with E-state index in [-0.39, 0.29) is 16.3 Å². The van der Waals surface area contributed by atoms with Crippen LogP contribution in [0.1, 0.15) is 15.9 Å². The number of anilines is 1. The SMILES string of the molecule is O=C(N/N=C\c1c(OC(=O)c2ccccc2Cl)ccc2ccccc12)C(=O)Nc1cccc2ccccc12. The molecule has 0 radical (unpaired) electrons. The lowest BCUT2D eigenvalue weighted by molar-refractivity contribution is -0.136. The molecule has 0 saturated heterocycles. The van der Waals surface area contributed by atoms with Gasteiger partial charge in [0.1, 0.15) is 5.75 Å². The first kappa shape index (κ1) is 24.7. The Bertz CT molecular complexity index is 1730. The standard InChI is InChI=1S/C30H20ClN3O4/c31-25-14-6-5-13-23(25)30(37)38-27-17-16-20-9-1-3-11-21(20)24(27)18-32-34-29(36)28(35)33-26-15-7-10-19-8-2-4-12-22(19)26/h1-18H,(H,33,35)(H,34,36)/b32-18-. The molecule has 5 aromatic carbocycles. The number of nitrogens with zero attached hydrogens (tertiary/aromatic N) is 1. The number of ether oxygens (including phenoxy) is 1. The summed E-state index contributed by atoms with van der Waals surface area (Å²) in [5, 5.41) is 10.2. The summed E-state index contributed by atoms with van der Waals surface area (Å²) in [6.07, 6.45) is 1.33. The maximum Gasteiger partial charge on any atom is 0.345 e. The van der Waals surface area contributed by atoms with Gasteiger partial charge in [-0.3, -0.25) is 9.59 Å². The molecule has 2 amide bonds. The quantitative estimate of drug-likeness (QED) is 0.0981. The fourth-order valence-electron chi connectivity index (χ4n) is 4.00. The number of hydrazone groups is 1. The van der Waals surface area contributed by atoms with Gasteiger partial charge < -0.3 is 10.1 Å². The van der Waals surface area contributed by atoms with Crippen LogP contribution in [0.15, 0.2) is 108 Å². The van der Waals surface area contributed by atoms with Gasteiger partial charge in [-0.15, -0.1) is 0 Å². The molecule has 186 valence electrons. The zero-order valence-corrected chi connectivity index (χ0v) is 20.6. The van der Waals surface area contributed by atoms with Crippen molar-refractivity contribution < 1.29 is 19.1 Å². The highest BCUT2D eigenvalue weighted by atomic mass is 35.5. The van der Waals surface area contributed by atoms with Crippen molar-refractivity contribution in [1.29, 1.82) is 0 Å². The molecule has 0 fully saturated rings. The Morgan fingerprint density at radius 1 is 0.711 bits per heavy atom. The van der Waals surface area contributed by atoms with Crippen LogP contribution in [-0.2, 0) is 9.59 Å². The number of hydrogen-bond acceptors (Lipinski definition) is 5. The lowest BCUT2D eigenvalue weighted by Crippen LogP contribution is -2.32.